The number of thiophene rings is 1. The van der Waals surface area contributed by atoms with Crippen molar-refractivity contribution in [3.05, 3.63) is 22.4 Å². The van der Waals surface area contributed by atoms with Gasteiger partial charge in [-0.05, 0) is 40.6 Å². The molecule has 1 aromatic rings. The average Bonchev–Trinajstić information content (AvgIpc) is 2.67. The summed E-state index contributed by atoms with van der Waals surface area (Å²) in [6, 6.07) is 2.15. The van der Waals surface area contributed by atoms with Crippen LogP contribution in [0.4, 0.5) is 0 Å². The van der Waals surface area contributed by atoms with Crippen LogP contribution in [0.1, 0.15) is 32.3 Å². The van der Waals surface area contributed by atoms with Crippen LogP contribution >= 0.6 is 11.3 Å². The van der Waals surface area contributed by atoms with Gasteiger partial charge in [-0.15, -0.1) is 0 Å². The monoisotopic (exact) mass is 227 g/mol. The van der Waals surface area contributed by atoms with Gasteiger partial charge in [-0.2, -0.15) is 11.3 Å². The molecule has 2 nitrogen and oxygen atoms in total. The van der Waals surface area contributed by atoms with E-state index in [9.17, 15) is 0 Å². The normalized spacial score (nSPS) is 11.9. The van der Waals surface area contributed by atoms with E-state index >= 15 is 0 Å². The zero-order valence-electron chi connectivity index (χ0n) is 9.62. The molecule has 0 aliphatic heterocycles. The molecule has 15 heavy (non-hydrogen) atoms. The van der Waals surface area contributed by atoms with Crippen molar-refractivity contribution in [3.8, 4) is 0 Å². The van der Waals surface area contributed by atoms with Gasteiger partial charge in [0, 0.05) is 19.7 Å². The van der Waals surface area contributed by atoms with Crippen LogP contribution in [0.3, 0.4) is 0 Å². The van der Waals surface area contributed by atoms with Crippen LogP contribution in [-0.2, 0) is 6.54 Å². The van der Waals surface area contributed by atoms with E-state index in [-0.39, 0.29) is 5.41 Å². The number of nitrogens with one attached hydrogen (secondary N) is 1. The highest BCUT2D eigenvalue weighted by Gasteiger charge is 2.16. The Kier molecular flexibility index (Phi) is 5.29. The van der Waals surface area contributed by atoms with Gasteiger partial charge in [-0.3, -0.25) is 0 Å². The second-order valence-electron chi connectivity index (χ2n) is 4.73. The summed E-state index contributed by atoms with van der Waals surface area (Å²) in [6.45, 7) is 6.73. The molecule has 3 heteroatoms. The predicted octanol–water partition coefficient (Wildman–Crippen LogP) is 2.64. The molecule has 0 aromatic carbocycles. The zero-order valence-corrected chi connectivity index (χ0v) is 10.4. The second-order valence-corrected chi connectivity index (χ2v) is 5.51. The van der Waals surface area contributed by atoms with E-state index in [1.165, 1.54) is 5.56 Å². The van der Waals surface area contributed by atoms with Gasteiger partial charge in [0.1, 0.15) is 0 Å². The molecule has 1 aromatic heterocycles. The van der Waals surface area contributed by atoms with Gasteiger partial charge in [0.05, 0.1) is 0 Å². The highest BCUT2D eigenvalue weighted by molar-refractivity contribution is 7.07. The molecular weight excluding hydrogens is 206 g/mol. The van der Waals surface area contributed by atoms with E-state index in [1.54, 1.807) is 11.3 Å². The van der Waals surface area contributed by atoms with Crippen molar-refractivity contribution in [1.82, 2.24) is 5.32 Å². The van der Waals surface area contributed by atoms with Crippen molar-refractivity contribution in [2.75, 3.05) is 13.2 Å². The zero-order chi connectivity index (χ0) is 11.1. The molecule has 0 aliphatic rings. The molecule has 0 fully saturated rings. The summed E-state index contributed by atoms with van der Waals surface area (Å²) in [7, 11) is 0. The molecule has 0 atom stereocenters. The largest absolute Gasteiger partial charge is 0.396 e. The molecule has 0 saturated heterocycles. The maximum Gasteiger partial charge on any atom is 0.0431 e. The van der Waals surface area contributed by atoms with E-state index in [2.05, 4.69) is 36.0 Å². The quantitative estimate of drug-likeness (QED) is 0.750. The fourth-order valence-electron chi connectivity index (χ4n) is 1.58. The van der Waals surface area contributed by atoms with Gasteiger partial charge in [0.15, 0.2) is 0 Å². The van der Waals surface area contributed by atoms with E-state index in [0.29, 0.717) is 6.61 Å². The number of hydrogen-bond acceptors (Lipinski definition) is 3. The Bertz CT molecular complexity index is 257. The van der Waals surface area contributed by atoms with Crippen LogP contribution in [0, 0.1) is 5.41 Å². The Morgan fingerprint density at radius 2 is 2.27 bits per heavy atom. The predicted molar refractivity (Wildman–Crippen MR) is 66.1 cm³/mol. The Hall–Kier alpha value is -0.380. The fourth-order valence-corrected chi connectivity index (χ4v) is 2.25. The van der Waals surface area contributed by atoms with Crippen LogP contribution in [0.15, 0.2) is 16.8 Å². The van der Waals surface area contributed by atoms with Crippen molar-refractivity contribution >= 4 is 11.3 Å². The van der Waals surface area contributed by atoms with Crippen molar-refractivity contribution in [2.45, 2.75) is 33.2 Å². The molecule has 0 aliphatic carbocycles. The molecular formula is C12H21NOS. The molecule has 0 saturated carbocycles. The molecule has 86 valence electrons. The van der Waals surface area contributed by atoms with Crippen LogP contribution < -0.4 is 5.32 Å². The van der Waals surface area contributed by atoms with Crippen LogP contribution in [0.5, 0.6) is 0 Å². The minimum atomic E-state index is 0.277. The minimum absolute atomic E-state index is 0.277. The topological polar surface area (TPSA) is 32.3 Å². The summed E-state index contributed by atoms with van der Waals surface area (Å²) in [5.41, 5.74) is 1.64. The minimum Gasteiger partial charge on any atom is -0.396 e. The molecule has 0 amide bonds. The molecule has 0 unspecified atom stereocenters. The highest BCUT2D eigenvalue weighted by atomic mass is 32.1. The van der Waals surface area contributed by atoms with E-state index in [1.807, 2.05) is 0 Å². The molecule has 2 N–H and O–H groups in total. The lowest BCUT2D eigenvalue weighted by molar-refractivity contribution is 0.236. The number of aliphatic hydroxyl groups excluding tert-OH is 1. The summed E-state index contributed by atoms with van der Waals surface area (Å²) in [5, 5.41) is 16.5. The van der Waals surface area contributed by atoms with Crippen molar-refractivity contribution in [3.63, 3.8) is 0 Å². The Labute approximate surface area is 96.3 Å². The number of hydrogen-bond donors (Lipinski definition) is 2. The first-order valence-corrected chi connectivity index (χ1v) is 6.41. The second kappa shape index (κ2) is 6.26. The highest BCUT2D eigenvalue weighted by Crippen LogP contribution is 2.20. The third-order valence-electron chi connectivity index (χ3n) is 2.52. The summed E-state index contributed by atoms with van der Waals surface area (Å²) in [4.78, 5) is 0. The van der Waals surface area contributed by atoms with E-state index in [4.69, 9.17) is 5.11 Å². The Morgan fingerprint density at radius 3 is 2.87 bits per heavy atom. The van der Waals surface area contributed by atoms with Crippen molar-refractivity contribution in [1.29, 1.82) is 0 Å². The Balaban J connectivity index is 2.18. The lowest BCUT2D eigenvalue weighted by Crippen LogP contribution is -2.29. The number of rotatable bonds is 7. The SMILES string of the molecule is CC(C)(CCCO)CNCc1ccsc1. The lowest BCUT2D eigenvalue weighted by atomic mass is 9.88. The van der Waals surface area contributed by atoms with Crippen molar-refractivity contribution in [2.24, 2.45) is 5.41 Å². The van der Waals surface area contributed by atoms with Crippen molar-refractivity contribution < 1.29 is 5.11 Å². The van der Waals surface area contributed by atoms with Gasteiger partial charge in [-0.1, -0.05) is 13.8 Å². The van der Waals surface area contributed by atoms with Crippen LogP contribution in [0.25, 0.3) is 0 Å². The summed E-state index contributed by atoms with van der Waals surface area (Å²) in [6.07, 6.45) is 1.97. The van der Waals surface area contributed by atoms with Crippen LogP contribution in [0.2, 0.25) is 0 Å². The third kappa shape index (κ3) is 5.30. The first kappa shape index (κ1) is 12.7. The fraction of sp³-hybridized carbons (Fsp3) is 0.667. The van der Waals surface area contributed by atoms with Crippen LogP contribution in [-0.4, -0.2) is 18.3 Å². The molecule has 0 spiro atoms. The van der Waals surface area contributed by atoms with Gasteiger partial charge in [0.2, 0.25) is 0 Å². The lowest BCUT2D eigenvalue weighted by Gasteiger charge is -2.24. The molecule has 1 heterocycles. The molecule has 1 rings (SSSR count). The maximum atomic E-state index is 8.79. The van der Waals surface area contributed by atoms with Gasteiger partial charge >= 0.3 is 0 Å². The molecule has 0 bridgehead atoms. The maximum absolute atomic E-state index is 8.79. The third-order valence-corrected chi connectivity index (χ3v) is 3.26. The first-order chi connectivity index (χ1) is 7.14. The smallest absolute Gasteiger partial charge is 0.0431 e. The standard InChI is InChI=1S/C12H21NOS/c1-12(2,5-3-6-14)10-13-8-11-4-7-15-9-11/h4,7,9,13-14H,3,5-6,8,10H2,1-2H3. The van der Waals surface area contributed by atoms with E-state index < -0.39 is 0 Å². The number of aliphatic hydroxyl groups is 1. The average molecular weight is 227 g/mol. The molecule has 0 radical (unpaired) electrons. The first-order valence-electron chi connectivity index (χ1n) is 5.47. The summed E-state index contributed by atoms with van der Waals surface area (Å²) < 4.78 is 0. The summed E-state index contributed by atoms with van der Waals surface area (Å²) in [5.74, 6) is 0. The van der Waals surface area contributed by atoms with Gasteiger partial charge in [0.25, 0.3) is 0 Å². The van der Waals surface area contributed by atoms with Gasteiger partial charge in [-0.25, -0.2) is 0 Å². The van der Waals surface area contributed by atoms with E-state index in [0.717, 1.165) is 25.9 Å². The summed E-state index contributed by atoms with van der Waals surface area (Å²) >= 11 is 1.74. The van der Waals surface area contributed by atoms with Gasteiger partial charge < -0.3 is 10.4 Å². The Morgan fingerprint density at radius 1 is 1.47 bits per heavy atom.